The van der Waals surface area contributed by atoms with Crippen molar-refractivity contribution in [1.29, 1.82) is 0 Å². The maximum absolute atomic E-state index is 13.5. The second kappa shape index (κ2) is 3.60. The fourth-order valence-electron chi connectivity index (χ4n) is 1.62. The van der Waals surface area contributed by atoms with Crippen LogP contribution >= 0.6 is 0 Å². The minimum absolute atomic E-state index is 0.344. The summed E-state index contributed by atoms with van der Waals surface area (Å²) in [4.78, 5) is 0. The van der Waals surface area contributed by atoms with E-state index < -0.39 is 39.9 Å². The van der Waals surface area contributed by atoms with Gasteiger partial charge in [0.25, 0.3) is 0 Å². The molecule has 3 N–H and O–H groups in total. The third-order valence-electron chi connectivity index (χ3n) is 2.34. The van der Waals surface area contributed by atoms with Crippen LogP contribution in [-0.2, 0) is 10.3 Å². The number of aliphatic hydroxyl groups excluding tert-OH is 1. The van der Waals surface area contributed by atoms with Gasteiger partial charge in [0.15, 0.2) is 0 Å². The third-order valence-corrected chi connectivity index (χ3v) is 3.23. The molecule has 92 valence electrons. The van der Waals surface area contributed by atoms with E-state index in [4.69, 9.17) is 4.55 Å². The van der Waals surface area contributed by atoms with E-state index in [0.29, 0.717) is 4.31 Å². The fraction of sp³-hybridized carbons (Fsp3) is 0.111. The van der Waals surface area contributed by atoms with Gasteiger partial charge in [-0.15, -0.1) is 0 Å². The zero-order valence-corrected chi connectivity index (χ0v) is 9.15. The molecular formula is C9H8FNO5S. The number of halogens is 1. The van der Waals surface area contributed by atoms with Gasteiger partial charge in [0, 0.05) is 0 Å². The summed E-state index contributed by atoms with van der Waals surface area (Å²) >= 11 is 0. The van der Waals surface area contributed by atoms with Gasteiger partial charge in [-0.1, -0.05) is 0 Å². The highest BCUT2D eigenvalue weighted by Crippen LogP contribution is 2.39. The lowest BCUT2D eigenvalue weighted by Gasteiger charge is -2.26. The Hall–Kier alpha value is -1.80. The van der Waals surface area contributed by atoms with Crippen LogP contribution in [0.1, 0.15) is 5.56 Å². The summed E-state index contributed by atoms with van der Waals surface area (Å²) in [5.74, 6) is -1.91. The topological polar surface area (TPSA) is 98.1 Å². The van der Waals surface area contributed by atoms with Gasteiger partial charge in [-0.2, -0.15) is 8.42 Å². The van der Waals surface area contributed by atoms with E-state index >= 15 is 0 Å². The molecule has 6 nitrogen and oxygen atoms in total. The molecule has 0 aromatic heterocycles. The summed E-state index contributed by atoms with van der Waals surface area (Å²) in [5.41, 5.74) is -0.943. The van der Waals surface area contributed by atoms with Gasteiger partial charge < -0.3 is 10.2 Å². The van der Waals surface area contributed by atoms with Crippen molar-refractivity contribution < 1.29 is 27.6 Å². The highest BCUT2D eigenvalue weighted by Gasteiger charge is 2.31. The number of aromatic hydroxyl groups is 1. The average molecular weight is 261 g/mol. The molecule has 0 unspecified atom stereocenters. The molecule has 2 rings (SSSR count). The molecule has 0 spiro atoms. The summed E-state index contributed by atoms with van der Waals surface area (Å²) < 4.78 is 44.9. The molecule has 17 heavy (non-hydrogen) atoms. The van der Waals surface area contributed by atoms with Crippen molar-refractivity contribution >= 4 is 21.8 Å². The normalized spacial score (nSPS) is 15.4. The molecule has 0 amide bonds. The number of nitrogens with zero attached hydrogens (tertiary/aromatic N) is 1. The van der Waals surface area contributed by atoms with E-state index in [2.05, 4.69) is 0 Å². The predicted molar refractivity (Wildman–Crippen MR) is 57.6 cm³/mol. The second-order valence-electron chi connectivity index (χ2n) is 3.39. The maximum Gasteiger partial charge on any atom is 0.360 e. The molecule has 1 aliphatic heterocycles. The second-order valence-corrected chi connectivity index (χ2v) is 4.72. The van der Waals surface area contributed by atoms with E-state index in [-0.39, 0.29) is 5.56 Å². The lowest BCUT2D eigenvalue weighted by atomic mass is 10.1. The van der Waals surface area contributed by atoms with E-state index in [1.165, 1.54) is 0 Å². The van der Waals surface area contributed by atoms with Crippen LogP contribution in [0.4, 0.5) is 10.1 Å². The third kappa shape index (κ3) is 1.81. The van der Waals surface area contributed by atoms with Gasteiger partial charge in [-0.05, 0) is 18.2 Å². The Morgan fingerprint density at radius 1 is 1.29 bits per heavy atom. The van der Waals surface area contributed by atoms with Crippen LogP contribution in [0.25, 0.3) is 5.76 Å². The number of benzene rings is 1. The monoisotopic (exact) mass is 261 g/mol. The molecule has 1 aromatic rings. The van der Waals surface area contributed by atoms with Gasteiger partial charge in [0.05, 0.1) is 12.1 Å². The average Bonchev–Trinajstić information content (AvgIpc) is 2.22. The minimum atomic E-state index is -4.68. The molecule has 1 aromatic carbocycles. The number of rotatable bonds is 1. The molecule has 0 saturated heterocycles. The number of aliphatic hydroxyl groups is 1. The first-order valence-corrected chi connectivity index (χ1v) is 5.88. The SMILES string of the molecule is O=S(=O)(O)N1CC=C(O)c2c(O)ccc(F)c21. The van der Waals surface area contributed by atoms with Crippen LogP contribution in [0.3, 0.4) is 0 Å². The van der Waals surface area contributed by atoms with E-state index in [1.54, 1.807) is 0 Å². The van der Waals surface area contributed by atoms with Crippen LogP contribution in [0.2, 0.25) is 0 Å². The molecule has 0 bridgehead atoms. The molecule has 0 saturated carbocycles. The standard InChI is InChI=1S/C9H8FNO5S/c10-5-1-2-6(12)8-7(13)3-4-11(9(5)8)17(14,15)16/h1-3,12-13H,4H2,(H,14,15,16). The van der Waals surface area contributed by atoms with Gasteiger partial charge >= 0.3 is 10.3 Å². The quantitative estimate of drug-likeness (QED) is 0.656. The molecule has 1 heterocycles. The lowest BCUT2D eigenvalue weighted by molar-refractivity contribution is 0.454. The van der Waals surface area contributed by atoms with E-state index in [0.717, 1.165) is 18.2 Å². The predicted octanol–water partition coefficient (Wildman–Crippen LogP) is 1.05. The smallest absolute Gasteiger partial charge is 0.360 e. The van der Waals surface area contributed by atoms with Crippen molar-refractivity contribution in [3.63, 3.8) is 0 Å². The van der Waals surface area contributed by atoms with E-state index in [1.807, 2.05) is 0 Å². The number of hydrogen-bond acceptors (Lipinski definition) is 4. The Bertz CT molecular complexity index is 610. The molecule has 0 atom stereocenters. The van der Waals surface area contributed by atoms with Crippen LogP contribution in [0.15, 0.2) is 18.2 Å². The minimum Gasteiger partial charge on any atom is -0.507 e. The van der Waals surface area contributed by atoms with Crippen LogP contribution in [0.5, 0.6) is 5.75 Å². The van der Waals surface area contributed by atoms with Crippen LogP contribution in [0, 0.1) is 5.82 Å². The molecule has 0 radical (unpaired) electrons. The molecule has 8 heteroatoms. The van der Waals surface area contributed by atoms with Crippen molar-refractivity contribution in [2.75, 3.05) is 10.8 Å². The van der Waals surface area contributed by atoms with Gasteiger partial charge in [0.2, 0.25) is 0 Å². The van der Waals surface area contributed by atoms with Crippen molar-refractivity contribution in [2.24, 2.45) is 0 Å². The first kappa shape index (κ1) is 11.7. The zero-order chi connectivity index (χ0) is 12.8. The largest absolute Gasteiger partial charge is 0.507 e. The molecule has 0 aliphatic carbocycles. The van der Waals surface area contributed by atoms with Gasteiger partial charge in [-0.25, -0.2) is 8.70 Å². The summed E-state index contributed by atoms with van der Waals surface area (Å²) in [6.45, 7) is -0.419. The Morgan fingerprint density at radius 3 is 2.53 bits per heavy atom. The fourth-order valence-corrected chi connectivity index (χ4v) is 2.30. The maximum atomic E-state index is 13.5. The summed E-state index contributed by atoms with van der Waals surface area (Å²) in [7, 11) is -4.68. The highest BCUT2D eigenvalue weighted by molar-refractivity contribution is 7.87. The number of phenols is 1. The first-order valence-electron chi connectivity index (χ1n) is 4.48. The summed E-state index contributed by atoms with van der Waals surface area (Å²) in [6, 6.07) is 1.82. The Morgan fingerprint density at radius 2 is 1.94 bits per heavy atom. The zero-order valence-electron chi connectivity index (χ0n) is 8.33. The lowest BCUT2D eigenvalue weighted by Crippen LogP contribution is -2.34. The Labute approximate surface area is 96.1 Å². The Kier molecular flexibility index (Phi) is 2.48. The van der Waals surface area contributed by atoms with Gasteiger partial charge in [0.1, 0.15) is 23.0 Å². The van der Waals surface area contributed by atoms with E-state index in [9.17, 15) is 23.0 Å². The molecule has 1 aliphatic rings. The van der Waals surface area contributed by atoms with Crippen LogP contribution in [-0.4, -0.2) is 29.7 Å². The number of phenolic OH excluding ortho intramolecular Hbond substituents is 1. The highest BCUT2D eigenvalue weighted by atomic mass is 32.2. The van der Waals surface area contributed by atoms with Crippen molar-refractivity contribution in [3.05, 3.63) is 29.6 Å². The summed E-state index contributed by atoms with van der Waals surface area (Å²) in [6.07, 6.45) is 1.04. The van der Waals surface area contributed by atoms with Gasteiger partial charge in [-0.3, -0.25) is 4.55 Å². The summed E-state index contributed by atoms with van der Waals surface area (Å²) in [5, 5.41) is 18.9. The Balaban J connectivity index is 2.78. The first-order chi connectivity index (χ1) is 7.82. The molecule has 0 fully saturated rings. The van der Waals surface area contributed by atoms with Crippen molar-refractivity contribution in [1.82, 2.24) is 0 Å². The number of fused-ring (bicyclic) bond motifs is 1. The van der Waals surface area contributed by atoms with Crippen molar-refractivity contribution in [3.8, 4) is 5.75 Å². The van der Waals surface area contributed by atoms with Crippen LogP contribution < -0.4 is 4.31 Å². The van der Waals surface area contributed by atoms with Crippen molar-refractivity contribution in [2.45, 2.75) is 0 Å². The number of hydrogen-bond donors (Lipinski definition) is 3. The molecular weight excluding hydrogens is 253 g/mol. The number of anilines is 1.